The molecule has 1 saturated heterocycles. The van der Waals surface area contributed by atoms with E-state index in [1.807, 2.05) is 31.2 Å². The summed E-state index contributed by atoms with van der Waals surface area (Å²) in [5, 5.41) is 9.31. The first-order chi connectivity index (χ1) is 11.7. The molecule has 1 N–H and O–H groups in total. The fourth-order valence-corrected chi connectivity index (χ4v) is 3.31. The molecule has 2 aromatic carbocycles. The van der Waals surface area contributed by atoms with Crippen molar-refractivity contribution in [1.29, 1.82) is 0 Å². The SMILES string of the molecule is CCOC1CCN(Cc2cc(C(=O)O)ccc2-c2ccccc2)C1. The fourth-order valence-electron chi connectivity index (χ4n) is 3.31. The van der Waals surface area contributed by atoms with E-state index in [1.54, 1.807) is 12.1 Å². The van der Waals surface area contributed by atoms with E-state index < -0.39 is 5.97 Å². The van der Waals surface area contributed by atoms with Gasteiger partial charge in [-0.3, -0.25) is 4.90 Å². The van der Waals surface area contributed by atoms with Gasteiger partial charge in [-0.05, 0) is 42.2 Å². The van der Waals surface area contributed by atoms with Crippen LogP contribution in [0.5, 0.6) is 0 Å². The fraction of sp³-hybridized carbons (Fsp3) is 0.350. The molecule has 3 rings (SSSR count). The van der Waals surface area contributed by atoms with E-state index in [-0.39, 0.29) is 6.10 Å². The van der Waals surface area contributed by atoms with Gasteiger partial charge < -0.3 is 9.84 Å². The number of ether oxygens (including phenoxy) is 1. The van der Waals surface area contributed by atoms with Crippen LogP contribution in [-0.2, 0) is 11.3 Å². The highest BCUT2D eigenvalue weighted by Crippen LogP contribution is 2.27. The molecule has 126 valence electrons. The number of nitrogens with zero attached hydrogens (tertiary/aromatic N) is 1. The number of aromatic carboxylic acids is 1. The van der Waals surface area contributed by atoms with Gasteiger partial charge >= 0.3 is 5.97 Å². The smallest absolute Gasteiger partial charge is 0.335 e. The molecule has 0 spiro atoms. The van der Waals surface area contributed by atoms with Crippen LogP contribution in [-0.4, -0.2) is 41.8 Å². The molecular weight excluding hydrogens is 302 g/mol. The van der Waals surface area contributed by atoms with E-state index in [9.17, 15) is 9.90 Å². The third-order valence-corrected chi connectivity index (χ3v) is 4.46. The predicted octanol–water partition coefficient (Wildman–Crippen LogP) is 3.66. The first kappa shape index (κ1) is 16.7. The molecule has 1 aliphatic rings. The lowest BCUT2D eigenvalue weighted by atomic mass is 9.97. The summed E-state index contributed by atoms with van der Waals surface area (Å²) in [5.74, 6) is -0.885. The second kappa shape index (κ2) is 7.60. The van der Waals surface area contributed by atoms with Gasteiger partial charge in [-0.15, -0.1) is 0 Å². The molecule has 0 aromatic heterocycles. The van der Waals surface area contributed by atoms with Crippen LogP contribution in [0.4, 0.5) is 0 Å². The first-order valence-corrected chi connectivity index (χ1v) is 8.43. The topological polar surface area (TPSA) is 49.8 Å². The number of carboxylic acid groups (broad SMARTS) is 1. The molecule has 0 saturated carbocycles. The van der Waals surface area contributed by atoms with Crippen molar-refractivity contribution >= 4 is 5.97 Å². The molecule has 1 atom stereocenters. The molecule has 0 bridgehead atoms. The molecule has 4 heteroatoms. The van der Waals surface area contributed by atoms with Gasteiger partial charge in [0, 0.05) is 26.2 Å². The zero-order valence-electron chi connectivity index (χ0n) is 13.9. The normalized spacial score (nSPS) is 18.0. The van der Waals surface area contributed by atoms with Crippen LogP contribution < -0.4 is 0 Å². The quantitative estimate of drug-likeness (QED) is 0.880. The first-order valence-electron chi connectivity index (χ1n) is 8.43. The molecule has 24 heavy (non-hydrogen) atoms. The van der Waals surface area contributed by atoms with Crippen LogP contribution in [0.2, 0.25) is 0 Å². The van der Waals surface area contributed by atoms with Gasteiger partial charge in [0.1, 0.15) is 0 Å². The Morgan fingerprint density at radius 2 is 2.04 bits per heavy atom. The summed E-state index contributed by atoms with van der Waals surface area (Å²) < 4.78 is 5.71. The van der Waals surface area contributed by atoms with Gasteiger partial charge in [0.25, 0.3) is 0 Å². The summed E-state index contributed by atoms with van der Waals surface area (Å²) in [4.78, 5) is 13.7. The zero-order valence-corrected chi connectivity index (χ0v) is 13.9. The van der Waals surface area contributed by atoms with Crippen molar-refractivity contribution in [2.45, 2.75) is 26.0 Å². The van der Waals surface area contributed by atoms with Crippen LogP contribution in [0, 0.1) is 0 Å². The second-order valence-corrected chi connectivity index (χ2v) is 6.14. The Morgan fingerprint density at radius 3 is 2.75 bits per heavy atom. The summed E-state index contributed by atoms with van der Waals surface area (Å²) in [6.45, 7) is 5.39. The Bertz CT molecular complexity index is 699. The van der Waals surface area contributed by atoms with E-state index in [0.29, 0.717) is 5.56 Å². The molecule has 1 aliphatic heterocycles. The molecule has 2 aromatic rings. The molecule has 4 nitrogen and oxygen atoms in total. The van der Waals surface area contributed by atoms with Gasteiger partial charge in [0.15, 0.2) is 0 Å². The highest BCUT2D eigenvalue weighted by Gasteiger charge is 2.23. The monoisotopic (exact) mass is 325 g/mol. The lowest BCUT2D eigenvalue weighted by molar-refractivity contribution is 0.0679. The Balaban J connectivity index is 1.87. The average molecular weight is 325 g/mol. The number of benzene rings is 2. The Kier molecular flexibility index (Phi) is 5.28. The maximum atomic E-state index is 11.3. The minimum Gasteiger partial charge on any atom is -0.478 e. The van der Waals surface area contributed by atoms with Crippen LogP contribution >= 0.6 is 0 Å². The van der Waals surface area contributed by atoms with Gasteiger partial charge in [-0.25, -0.2) is 4.79 Å². The van der Waals surface area contributed by atoms with Gasteiger partial charge in [0.2, 0.25) is 0 Å². The van der Waals surface area contributed by atoms with Crippen molar-refractivity contribution < 1.29 is 14.6 Å². The Morgan fingerprint density at radius 1 is 1.25 bits per heavy atom. The summed E-state index contributed by atoms with van der Waals surface area (Å²) in [5.41, 5.74) is 3.61. The highest BCUT2D eigenvalue weighted by molar-refractivity contribution is 5.89. The van der Waals surface area contributed by atoms with E-state index in [2.05, 4.69) is 17.0 Å². The van der Waals surface area contributed by atoms with Crippen molar-refractivity contribution in [1.82, 2.24) is 4.90 Å². The molecule has 1 fully saturated rings. The molecule has 1 heterocycles. The molecule has 0 amide bonds. The van der Waals surface area contributed by atoms with Crippen LogP contribution in [0.25, 0.3) is 11.1 Å². The number of hydrogen-bond acceptors (Lipinski definition) is 3. The lowest BCUT2D eigenvalue weighted by Gasteiger charge is -2.19. The summed E-state index contributed by atoms with van der Waals surface area (Å²) in [6.07, 6.45) is 1.32. The van der Waals surface area contributed by atoms with Crippen molar-refractivity contribution in [3.63, 3.8) is 0 Å². The molecular formula is C20H23NO3. The lowest BCUT2D eigenvalue weighted by Crippen LogP contribution is -2.23. The molecule has 0 radical (unpaired) electrons. The number of likely N-dealkylation sites (tertiary alicyclic amines) is 1. The molecule has 0 aliphatic carbocycles. The van der Waals surface area contributed by atoms with Crippen molar-refractivity contribution in [2.24, 2.45) is 0 Å². The number of carboxylic acids is 1. The highest BCUT2D eigenvalue weighted by atomic mass is 16.5. The summed E-state index contributed by atoms with van der Waals surface area (Å²) in [7, 11) is 0. The van der Waals surface area contributed by atoms with Gasteiger partial charge in [-0.1, -0.05) is 36.4 Å². The third-order valence-electron chi connectivity index (χ3n) is 4.46. The number of rotatable bonds is 6. The van der Waals surface area contributed by atoms with Gasteiger partial charge in [0.05, 0.1) is 11.7 Å². The standard InChI is InChI=1S/C20H23NO3/c1-2-24-18-10-11-21(14-18)13-17-12-16(20(22)23)8-9-19(17)15-6-4-3-5-7-15/h3-9,12,18H,2,10-11,13-14H2,1H3,(H,22,23). The largest absolute Gasteiger partial charge is 0.478 e. The third kappa shape index (κ3) is 3.83. The second-order valence-electron chi connectivity index (χ2n) is 6.14. The van der Waals surface area contributed by atoms with Crippen molar-refractivity contribution in [2.75, 3.05) is 19.7 Å². The van der Waals surface area contributed by atoms with E-state index in [4.69, 9.17) is 4.74 Å². The maximum Gasteiger partial charge on any atom is 0.335 e. The summed E-state index contributed by atoms with van der Waals surface area (Å²) in [6, 6.07) is 15.5. The van der Waals surface area contributed by atoms with Gasteiger partial charge in [-0.2, -0.15) is 0 Å². The number of hydrogen-bond donors (Lipinski definition) is 1. The zero-order chi connectivity index (χ0) is 16.9. The van der Waals surface area contributed by atoms with Crippen molar-refractivity contribution in [3.05, 3.63) is 59.7 Å². The molecule has 1 unspecified atom stereocenters. The Hall–Kier alpha value is -2.17. The Labute approximate surface area is 142 Å². The summed E-state index contributed by atoms with van der Waals surface area (Å²) >= 11 is 0. The van der Waals surface area contributed by atoms with Crippen LogP contribution in [0.15, 0.2) is 48.5 Å². The van der Waals surface area contributed by atoms with Crippen LogP contribution in [0.3, 0.4) is 0 Å². The predicted molar refractivity (Wildman–Crippen MR) is 94.1 cm³/mol. The van der Waals surface area contributed by atoms with Crippen LogP contribution in [0.1, 0.15) is 29.3 Å². The van der Waals surface area contributed by atoms with Crippen molar-refractivity contribution in [3.8, 4) is 11.1 Å². The minimum absolute atomic E-state index is 0.290. The number of carbonyl (C=O) groups is 1. The van der Waals surface area contributed by atoms with E-state index >= 15 is 0 Å². The maximum absolute atomic E-state index is 11.3. The average Bonchev–Trinajstić information content (AvgIpc) is 3.03. The van der Waals surface area contributed by atoms with E-state index in [0.717, 1.165) is 49.4 Å². The van der Waals surface area contributed by atoms with E-state index in [1.165, 1.54) is 0 Å². The minimum atomic E-state index is -0.885.